The molecule has 2 aromatic heterocycles. The molecule has 0 bridgehead atoms. The molecule has 0 amide bonds. The molecule has 0 saturated heterocycles. The number of carboxylic acid groups (broad SMARTS) is 1. The van der Waals surface area contributed by atoms with Crippen LogP contribution in [0.25, 0.3) is 11.0 Å². The summed E-state index contributed by atoms with van der Waals surface area (Å²) < 4.78 is 1.70. The molecule has 20 heavy (non-hydrogen) atoms. The smallest absolute Gasteiger partial charge is 0.335 e. The Kier molecular flexibility index (Phi) is 3.12. The van der Waals surface area contributed by atoms with Crippen LogP contribution in [-0.4, -0.2) is 31.1 Å². The van der Waals surface area contributed by atoms with Crippen LogP contribution in [0, 0.1) is 0 Å². The number of aromatic nitrogens is 4. The molecule has 3 rings (SSSR count). The third-order valence-electron chi connectivity index (χ3n) is 3.07. The van der Waals surface area contributed by atoms with E-state index in [9.17, 15) is 4.79 Å². The number of pyridine rings is 1. The average Bonchev–Trinajstić information content (AvgIpc) is 2.88. The Labute approximate surface area is 114 Å². The molecule has 1 N–H and O–H groups in total. The molecule has 0 aliphatic heterocycles. The van der Waals surface area contributed by atoms with Gasteiger partial charge in [0, 0.05) is 24.9 Å². The Morgan fingerprint density at radius 1 is 1.25 bits per heavy atom. The van der Waals surface area contributed by atoms with Crippen LogP contribution in [0.5, 0.6) is 0 Å². The molecule has 0 saturated carbocycles. The number of benzene rings is 1. The van der Waals surface area contributed by atoms with Gasteiger partial charge in [-0.05, 0) is 30.3 Å². The van der Waals surface area contributed by atoms with Gasteiger partial charge < -0.3 is 5.11 Å². The van der Waals surface area contributed by atoms with E-state index in [-0.39, 0.29) is 5.56 Å². The summed E-state index contributed by atoms with van der Waals surface area (Å²) in [5.74, 6) is -0.954. The average molecular weight is 268 g/mol. The molecule has 3 aromatic rings. The van der Waals surface area contributed by atoms with Crippen LogP contribution in [0.1, 0.15) is 16.1 Å². The lowest BCUT2D eigenvalue weighted by Gasteiger charge is -2.02. The zero-order chi connectivity index (χ0) is 13.9. The normalized spacial score (nSPS) is 10.8. The maximum Gasteiger partial charge on any atom is 0.335 e. The van der Waals surface area contributed by atoms with Gasteiger partial charge in [-0.25, -0.2) is 9.48 Å². The van der Waals surface area contributed by atoms with Gasteiger partial charge in [0.2, 0.25) is 0 Å². The van der Waals surface area contributed by atoms with Gasteiger partial charge in [-0.2, -0.15) is 0 Å². The van der Waals surface area contributed by atoms with Crippen molar-refractivity contribution in [2.45, 2.75) is 13.0 Å². The lowest BCUT2D eigenvalue weighted by molar-refractivity contribution is 0.0697. The molecule has 0 atom stereocenters. The first-order chi connectivity index (χ1) is 9.74. The van der Waals surface area contributed by atoms with E-state index in [0.29, 0.717) is 12.1 Å². The van der Waals surface area contributed by atoms with Gasteiger partial charge >= 0.3 is 5.97 Å². The Morgan fingerprint density at radius 3 is 2.90 bits per heavy atom. The topological polar surface area (TPSA) is 80.9 Å². The van der Waals surface area contributed by atoms with E-state index in [1.54, 1.807) is 23.0 Å². The molecule has 1 aromatic carbocycles. The maximum absolute atomic E-state index is 11.0. The van der Waals surface area contributed by atoms with Gasteiger partial charge in [-0.3, -0.25) is 4.98 Å². The second-order valence-corrected chi connectivity index (χ2v) is 4.39. The van der Waals surface area contributed by atoms with Crippen LogP contribution in [0.15, 0.2) is 42.6 Å². The maximum atomic E-state index is 11.0. The van der Waals surface area contributed by atoms with Crippen molar-refractivity contribution in [3.8, 4) is 0 Å². The fourth-order valence-electron chi connectivity index (χ4n) is 2.03. The van der Waals surface area contributed by atoms with Crippen LogP contribution in [-0.2, 0) is 13.0 Å². The highest BCUT2D eigenvalue weighted by molar-refractivity contribution is 5.92. The number of rotatable bonds is 4. The molecular weight excluding hydrogens is 256 g/mol. The standard InChI is InChI=1S/C14H12N4O2/c19-14(20)10-4-5-12-13(9-10)18(17-16-12)8-6-11-3-1-2-7-15-11/h1-5,7,9H,6,8H2,(H,19,20). The minimum atomic E-state index is -0.954. The summed E-state index contributed by atoms with van der Waals surface area (Å²) in [5.41, 5.74) is 2.61. The van der Waals surface area contributed by atoms with Crippen LogP contribution in [0.3, 0.4) is 0 Å². The van der Waals surface area contributed by atoms with Crippen LogP contribution in [0.2, 0.25) is 0 Å². The Morgan fingerprint density at radius 2 is 2.15 bits per heavy atom. The van der Waals surface area contributed by atoms with Crippen molar-refractivity contribution in [1.82, 2.24) is 20.0 Å². The van der Waals surface area contributed by atoms with E-state index < -0.39 is 5.97 Å². The number of aryl methyl sites for hydroxylation is 2. The number of nitrogens with zero attached hydrogens (tertiary/aromatic N) is 4. The Bertz CT molecular complexity index is 752. The van der Waals surface area contributed by atoms with E-state index in [1.165, 1.54) is 6.07 Å². The molecule has 0 spiro atoms. The molecule has 6 heteroatoms. The van der Waals surface area contributed by atoms with Gasteiger partial charge in [-0.1, -0.05) is 11.3 Å². The molecule has 0 radical (unpaired) electrons. The van der Waals surface area contributed by atoms with Crippen molar-refractivity contribution in [2.24, 2.45) is 0 Å². The number of hydrogen-bond acceptors (Lipinski definition) is 4. The molecule has 2 heterocycles. The zero-order valence-corrected chi connectivity index (χ0v) is 10.6. The molecule has 0 unspecified atom stereocenters. The van der Waals surface area contributed by atoms with Crippen molar-refractivity contribution >= 4 is 17.0 Å². The quantitative estimate of drug-likeness (QED) is 0.779. The van der Waals surface area contributed by atoms with Crippen LogP contribution >= 0.6 is 0 Å². The van der Waals surface area contributed by atoms with Gasteiger partial charge in [0.1, 0.15) is 5.52 Å². The van der Waals surface area contributed by atoms with E-state index >= 15 is 0 Å². The van der Waals surface area contributed by atoms with Crippen molar-refractivity contribution in [2.75, 3.05) is 0 Å². The van der Waals surface area contributed by atoms with Gasteiger partial charge in [0.25, 0.3) is 0 Å². The first-order valence-corrected chi connectivity index (χ1v) is 6.20. The summed E-state index contributed by atoms with van der Waals surface area (Å²) in [6.45, 7) is 0.608. The number of aromatic carboxylic acids is 1. The number of hydrogen-bond donors (Lipinski definition) is 1. The molecular formula is C14H12N4O2. The molecule has 0 aliphatic carbocycles. The first-order valence-electron chi connectivity index (χ1n) is 6.20. The molecule has 6 nitrogen and oxygen atoms in total. The summed E-state index contributed by atoms with van der Waals surface area (Å²) >= 11 is 0. The van der Waals surface area contributed by atoms with Gasteiger partial charge in [-0.15, -0.1) is 5.10 Å². The summed E-state index contributed by atoms with van der Waals surface area (Å²) in [4.78, 5) is 15.2. The van der Waals surface area contributed by atoms with Gasteiger partial charge in [0.15, 0.2) is 0 Å². The predicted octanol–water partition coefficient (Wildman–Crippen LogP) is 1.77. The number of carbonyl (C=O) groups is 1. The van der Waals surface area contributed by atoms with Crippen LogP contribution < -0.4 is 0 Å². The highest BCUT2D eigenvalue weighted by atomic mass is 16.4. The molecule has 0 fully saturated rings. The minimum absolute atomic E-state index is 0.235. The van der Waals surface area contributed by atoms with Crippen molar-refractivity contribution in [1.29, 1.82) is 0 Å². The fourth-order valence-corrected chi connectivity index (χ4v) is 2.03. The second kappa shape index (κ2) is 5.08. The molecule has 100 valence electrons. The fraction of sp³-hybridized carbons (Fsp3) is 0.143. The Balaban J connectivity index is 1.88. The largest absolute Gasteiger partial charge is 0.478 e. The van der Waals surface area contributed by atoms with E-state index in [1.807, 2.05) is 18.2 Å². The van der Waals surface area contributed by atoms with Gasteiger partial charge in [0.05, 0.1) is 11.1 Å². The highest BCUT2D eigenvalue weighted by Gasteiger charge is 2.09. The predicted molar refractivity (Wildman–Crippen MR) is 72.4 cm³/mol. The molecule has 0 aliphatic rings. The number of fused-ring (bicyclic) bond motifs is 1. The minimum Gasteiger partial charge on any atom is -0.478 e. The Hall–Kier alpha value is -2.76. The lowest BCUT2D eigenvalue weighted by Crippen LogP contribution is -2.05. The SMILES string of the molecule is O=C(O)c1ccc2nnn(CCc3ccccn3)c2c1. The highest BCUT2D eigenvalue weighted by Crippen LogP contribution is 2.14. The summed E-state index contributed by atoms with van der Waals surface area (Å²) in [6, 6.07) is 10.5. The second-order valence-electron chi connectivity index (χ2n) is 4.39. The van der Waals surface area contributed by atoms with Crippen molar-refractivity contribution in [3.05, 3.63) is 53.9 Å². The summed E-state index contributed by atoms with van der Waals surface area (Å²) in [7, 11) is 0. The van der Waals surface area contributed by atoms with E-state index in [0.717, 1.165) is 17.6 Å². The lowest BCUT2D eigenvalue weighted by atomic mass is 10.2. The monoisotopic (exact) mass is 268 g/mol. The van der Waals surface area contributed by atoms with Crippen LogP contribution in [0.4, 0.5) is 0 Å². The summed E-state index contributed by atoms with van der Waals surface area (Å²) in [6.07, 6.45) is 2.47. The third kappa shape index (κ3) is 2.35. The third-order valence-corrected chi connectivity index (χ3v) is 3.07. The first kappa shape index (κ1) is 12.3. The van der Waals surface area contributed by atoms with Crippen molar-refractivity contribution < 1.29 is 9.90 Å². The van der Waals surface area contributed by atoms with Crippen molar-refractivity contribution in [3.63, 3.8) is 0 Å². The zero-order valence-electron chi connectivity index (χ0n) is 10.6. The number of carboxylic acids is 1. The summed E-state index contributed by atoms with van der Waals surface area (Å²) in [5, 5.41) is 17.1. The van der Waals surface area contributed by atoms with E-state index in [2.05, 4.69) is 15.3 Å². The van der Waals surface area contributed by atoms with E-state index in [4.69, 9.17) is 5.11 Å².